The summed E-state index contributed by atoms with van der Waals surface area (Å²) in [6, 6.07) is -2.65. The topological polar surface area (TPSA) is 12.0 Å². The van der Waals surface area contributed by atoms with Crippen LogP contribution in [0.15, 0.2) is 0 Å². The van der Waals surface area contributed by atoms with E-state index >= 15 is 0 Å². The third-order valence-corrected chi connectivity index (χ3v) is 2.06. The maximum absolute atomic E-state index is 12.4. The summed E-state index contributed by atoms with van der Waals surface area (Å²) in [5.41, 5.74) is 0. The lowest BCUT2D eigenvalue weighted by molar-refractivity contribution is -0.0299. The van der Waals surface area contributed by atoms with E-state index in [0.717, 1.165) is 32.6 Å². The molecule has 1 saturated carbocycles. The van der Waals surface area contributed by atoms with Crippen LogP contribution in [0.1, 0.15) is 39.0 Å². The van der Waals surface area contributed by atoms with Gasteiger partial charge in [0.2, 0.25) is 0 Å². The number of hydrogen-bond acceptors (Lipinski definition) is 1. The van der Waals surface area contributed by atoms with Gasteiger partial charge < -0.3 is 0 Å². The Morgan fingerprint density at radius 3 is 2.18 bits per heavy atom. The summed E-state index contributed by atoms with van der Waals surface area (Å²) >= 11 is 0. The monoisotopic (exact) mass is 163 g/mol. The second-order valence-electron chi connectivity index (χ2n) is 3.37. The van der Waals surface area contributed by atoms with Crippen molar-refractivity contribution in [1.29, 1.82) is 0 Å². The van der Waals surface area contributed by atoms with Gasteiger partial charge in [-0.3, -0.25) is 5.32 Å². The summed E-state index contributed by atoms with van der Waals surface area (Å²) in [5.74, 6) is 0. The Labute approximate surface area is 66.2 Å². The summed E-state index contributed by atoms with van der Waals surface area (Å²) in [4.78, 5) is 0. The third kappa shape index (κ3) is 3.65. The number of hydrogen-bond donors (Lipinski definition) is 1. The van der Waals surface area contributed by atoms with Crippen LogP contribution in [-0.4, -0.2) is 12.1 Å². The molecule has 66 valence electrons. The zero-order valence-corrected chi connectivity index (χ0v) is 6.87. The molecule has 1 aliphatic carbocycles. The molecule has 0 aromatic rings. The Bertz CT molecular complexity index is 114. The van der Waals surface area contributed by atoms with Crippen molar-refractivity contribution in [3.63, 3.8) is 0 Å². The van der Waals surface area contributed by atoms with Crippen LogP contribution < -0.4 is 5.32 Å². The van der Waals surface area contributed by atoms with Crippen molar-refractivity contribution in [2.24, 2.45) is 0 Å². The van der Waals surface area contributed by atoms with Crippen molar-refractivity contribution in [2.45, 2.75) is 51.1 Å². The van der Waals surface area contributed by atoms with E-state index in [4.69, 9.17) is 0 Å². The molecule has 0 aromatic carbocycles. The summed E-state index contributed by atoms with van der Waals surface area (Å²) in [5, 5.41) is 2.32. The van der Waals surface area contributed by atoms with E-state index in [0.29, 0.717) is 0 Å². The molecule has 0 radical (unpaired) electrons. The van der Waals surface area contributed by atoms with Crippen LogP contribution in [-0.2, 0) is 0 Å². The Morgan fingerprint density at radius 2 is 1.73 bits per heavy atom. The van der Waals surface area contributed by atoms with E-state index in [1.807, 2.05) is 0 Å². The van der Waals surface area contributed by atoms with E-state index in [-0.39, 0.29) is 6.04 Å². The molecular formula is C8H15F2N. The van der Waals surface area contributed by atoms with Crippen molar-refractivity contribution >= 4 is 0 Å². The lowest BCUT2D eigenvalue weighted by Crippen LogP contribution is -2.42. The fourth-order valence-electron chi connectivity index (χ4n) is 1.61. The average Bonchev–Trinajstić information content (AvgIpc) is 1.85. The average molecular weight is 163 g/mol. The second-order valence-corrected chi connectivity index (χ2v) is 3.37. The number of alkyl halides is 2. The zero-order valence-electron chi connectivity index (χ0n) is 6.87. The summed E-state index contributed by atoms with van der Waals surface area (Å²) < 4.78 is 24.8. The molecule has 1 rings (SSSR count). The summed E-state index contributed by atoms with van der Waals surface area (Å²) in [6.45, 7) is 0.918. The van der Waals surface area contributed by atoms with Gasteiger partial charge in [-0.2, -0.15) is 8.78 Å². The van der Waals surface area contributed by atoms with Gasteiger partial charge in [-0.15, -0.1) is 0 Å². The van der Waals surface area contributed by atoms with E-state index in [1.165, 1.54) is 6.42 Å². The quantitative estimate of drug-likeness (QED) is 0.617. The van der Waals surface area contributed by atoms with Gasteiger partial charge in [0, 0.05) is 13.0 Å². The SMILES string of the molecule is CC(F)(F)NC1CCCCC1. The van der Waals surface area contributed by atoms with E-state index in [2.05, 4.69) is 5.32 Å². The maximum atomic E-state index is 12.4. The highest BCUT2D eigenvalue weighted by atomic mass is 19.3. The van der Waals surface area contributed by atoms with Gasteiger partial charge in [-0.1, -0.05) is 19.3 Å². The van der Waals surface area contributed by atoms with Crippen molar-refractivity contribution in [2.75, 3.05) is 0 Å². The van der Waals surface area contributed by atoms with Crippen LogP contribution in [0.2, 0.25) is 0 Å². The minimum absolute atomic E-state index is 0.0451. The smallest absolute Gasteiger partial charge is 0.256 e. The van der Waals surface area contributed by atoms with Gasteiger partial charge in [-0.05, 0) is 12.8 Å². The van der Waals surface area contributed by atoms with Crippen LogP contribution in [0.4, 0.5) is 8.78 Å². The lowest BCUT2D eigenvalue weighted by atomic mass is 9.95. The third-order valence-electron chi connectivity index (χ3n) is 2.06. The largest absolute Gasteiger partial charge is 0.299 e. The van der Waals surface area contributed by atoms with Gasteiger partial charge in [0.15, 0.2) is 0 Å². The normalized spacial score (nSPS) is 22.1. The Hall–Kier alpha value is -0.180. The van der Waals surface area contributed by atoms with Crippen LogP contribution in [0.3, 0.4) is 0 Å². The van der Waals surface area contributed by atoms with Crippen molar-refractivity contribution in [3.8, 4) is 0 Å². The Morgan fingerprint density at radius 1 is 1.18 bits per heavy atom. The molecule has 0 spiro atoms. The van der Waals surface area contributed by atoms with Gasteiger partial charge in [0.1, 0.15) is 0 Å². The molecule has 0 atom stereocenters. The Kier molecular flexibility index (Phi) is 2.82. The standard InChI is InChI=1S/C8H15F2N/c1-8(9,10)11-7-5-3-2-4-6-7/h7,11H,2-6H2,1H3. The van der Waals surface area contributed by atoms with Crippen molar-refractivity contribution in [3.05, 3.63) is 0 Å². The summed E-state index contributed by atoms with van der Waals surface area (Å²) in [6.07, 6.45) is 5.20. The first-order valence-corrected chi connectivity index (χ1v) is 4.23. The first kappa shape index (κ1) is 8.91. The van der Waals surface area contributed by atoms with Gasteiger partial charge in [-0.25, -0.2) is 0 Å². The van der Waals surface area contributed by atoms with Crippen LogP contribution in [0.5, 0.6) is 0 Å². The maximum Gasteiger partial charge on any atom is 0.299 e. The molecule has 1 aliphatic rings. The first-order chi connectivity index (χ1) is 5.08. The molecule has 0 aliphatic heterocycles. The Balaban J connectivity index is 2.24. The molecule has 11 heavy (non-hydrogen) atoms. The molecule has 3 heteroatoms. The predicted octanol–water partition coefficient (Wildman–Crippen LogP) is 2.52. The minimum Gasteiger partial charge on any atom is -0.256 e. The van der Waals surface area contributed by atoms with Gasteiger partial charge in [0.25, 0.3) is 6.05 Å². The van der Waals surface area contributed by atoms with E-state index in [1.54, 1.807) is 0 Å². The van der Waals surface area contributed by atoms with Gasteiger partial charge in [0.05, 0.1) is 0 Å². The molecular weight excluding hydrogens is 148 g/mol. The molecule has 1 N–H and O–H groups in total. The fourth-order valence-corrected chi connectivity index (χ4v) is 1.61. The number of halogens is 2. The van der Waals surface area contributed by atoms with Crippen LogP contribution in [0, 0.1) is 0 Å². The second kappa shape index (κ2) is 3.48. The highest BCUT2D eigenvalue weighted by Gasteiger charge is 2.25. The van der Waals surface area contributed by atoms with E-state index < -0.39 is 6.05 Å². The summed E-state index contributed by atoms with van der Waals surface area (Å²) in [7, 11) is 0. The molecule has 0 bridgehead atoms. The van der Waals surface area contributed by atoms with Crippen molar-refractivity contribution < 1.29 is 8.78 Å². The number of nitrogens with one attached hydrogen (secondary N) is 1. The highest BCUT2D eigenvalue weighted by Crippen LogP contribution is 2.20. The molecule has 0 aromatic heterocycles. The molecule has 0 unspecified atom stereocenters. The van der Waals surface area contributed by atoms with Crippen LogP contribution >= 0.6 is 0 Å². The molecule has 1 fully saturated rings. The molecule has 0 amide bonds. The molecule has 0 saturated heterocycles. The fraction of sp³-hybridized carbons (Fsp3) is 1.00. The predicted molar refractivity (Wildman–Crippen MR) is 40.6 cm³/mol. The molecule has 0 heterocycles. The first-order valence-electron chi connectivity index (χ1n) is 4.23. The highest BCUT2D eigenvalue weighted by molar-refractivity contribution is 4.74. The molecule has 1 nitrogen and oxygen atoms in total. The van der Waals surface area contributed by atoms with Crippen LogP contribution in [0.25, 0.3) is 0 Å². The van der Waals surface area contributed by atoms with E-state index in [9.17, 15) is 8.78 Å². The number of rotatable bonds is 2. The lowest BCUT2D eigenvalue weighted by Gasteiger charge is -2.25. The minimum atomic E-state index is -2.69. The van der Waals surface area contributed by atoms with Gasteiger partial charge >= 0.3 is 0 Å². The van der Waals surface area contributed by atoms with Crippen molar-refractivity contribution in [1.82, 2.24) is 5.32 Å². The zero-order chi connectivity index (χ0) is 8.32.